The number of nitrogens with zero attached hydrogens (tertiary/aromatic N) is 4. The lowest BCUT2D eigenvalue weighted by Crippen LogP contribution is -2.33. The van der Waals surface area contributed by atoms with Crippen LogP contribution in [0, 0.1) is 0 Å². The average molecular weight is 252 g/mol. The largest absolute Gasteiger partial charge is 0.392 e. The molecule has 2 rings (SSSR count). The standard InChI is InChI=1S/C12H20N4O2/c17-9-7-15-5-3-13(11-15)1-2-14-4-6-16(12-14)8-10-18/h3-6,11-12,17-18H,1-2,7-10H2/q+2. The highest BCUT2D eigenvalue weighted by Gasteiger charge is 2.06. The van der Waals surface area contributed by atoms with E-state index in [1.807, 2.05) is 46.6 Å². The molecule has 0 aliphatic heterocycles. The summed E-state index contributed by atoms with van der Waals surface area (Å²) in [6.07, 6.45) is 11.9. The van der Waals surface area contributed by atoms with Crippen molar-refractivity contribution in [1.82, 2.24) is 9.13 Å². The zero-order valence-corrected chi connectivity index (χ0v) is 10.4. The molecule has 0 spiro atoms. The van der Waals surface area contributed by atoms with E-state index in [4.69, 9.17) is 10.2 Å². The van der Waals surface area contributed by atoms with Crippen LogP contribution in [-0.2, 0) is 26.2 Å². The zero-order chi connectivity index (χ0) is 12.8. The third-order valence-corrected chi connectivity index (χ3v) is 2.83. The first-order valence-electron chi connectivity index (χ1n) is 6.13. The maximum absolute atomic E-state index is 8.83. The van der Waals surface area contributed by atoms with Gasteiger partial charge in [0.05, 0.1) is 13.2 Å². The maximum atomic E-state index is 8.83. The fourth-order valence-electron chi connectivity index (χ4n) is 1.87. The van der Waals surface area contributed by atoms with Gasteiger partial charge in [-0.2, -0.15) is 0 Å². The second-order valence-corrected chi connectivity index (χ2v) is 4.23. The molecular weight excluding hydrogens is 232 g/mol. The van der Waals surface area contributed by atoms with E-state index >= 15 is 0 Å². The van der Waals surface area contributed by atoms with Gasteiger partial charge in [0, 0.05) is 0 Å². The summed E-state index contributed by atoms with van der Waals surface area (Å²) in [7, 11) is 0. The lowest BCUT2D eigenvalue weighted by molar-refractivity contribution is -0.698. The molecule has 0 saturated heterocycles. The monoisotopic (exact) mass is 252 g/mol. The van der Waals surface area contributed by atoms with Crippen molar-refractivity contribution in [3.05, 3.63) is 37.4 Å². The van der Waals surface area contributed by atoms with E-state index in [2.05, 4.69) is 9.13 Å². The lowest BCUT2D eigenvalue weighted by atomic mass is 10.6. The van der Waals surface area contributed by atoms with Gasteiger partial charge >= 0.3 is 0 Å². The topological polar surface area (TPSA) is 58.1 Å². The Morgan fingerprint density at radius 2 is 1.22 bits per heavy atom. The van der Waals surface area contributed by atoms with Gasteiger partial charge in [-0.1, -0.05) is 0 Å². The van der Waals surface area contributed by atoms with Gasteiger partial charge < -0.3 is 10.2 Å². The van der Waals surface area contributed by atoms with Crippen LogP contribution >= 0.6 is 0 Å². The smallest absolute Gasteiger partial charge is 0.243 e. The molecule has 0 radical (unpaired) electrons. The molecule has 0 saturated carbocycles. The van der Waals surface area contributed by atoms with Crippen molar-refractivity contribution in [3.63, 3.8) is 0 Å². The van der Waals surface area contributed by atoms with Gasteiger partial charge in [0.15, 0.2) is 0 Å². The first kappa shape index (κ1) is 12.8. The molecule has 0 aliphatic carbocycles. The lowest BCUT2D eigenvalue weighted by Gasteiger charge is -1.94. The van der Waals surface area contributed by atoms with Gasteiger partial charge in [0.25, 0.3) is 0 Å². The number of aliphatic hydroxyl groups is 2. The molecule has 98 valence electrons. The summed E-state index contributed by atoms with van der Waals surface area (Å²) >= 11 is 0. The van der Waals surface area contributed by atoms with Crippen LogP contribution in [0.2, 0.25) is 0 Å². The van der Waals surface area contributed by atoms with E-state index in [-0.39, 0.29) is 13.2 Å². The van der Waals surface area contributed by atoms with Crippen LogP contribution < -0.4 is 9.13 Å². The molecule has 2 N–H and O–H groups in total. The van der Waals surface area contributed by atoms with Crippen LogP contribution in [0.4, 0.5) is 0 Å². The highest BCUT2D eigenvalue weighted by atomic mass is 16.3. The Balaban J connectivity index is 1.85. The van der Waals surface area contributed by atoms with Crippen LogP contribution in [0.15, 0.2) is 37.4 Å². The molecule has 0 aromatic carbocycles. The number of aliphatic hydroxyl groups excluding tert-OH is 2. The Kier molecular flexibility index (Phi) is 4.49. The number of imidazole rings is 2. The molecule has 2 aromatic rings. The SMILES string of the molecule is OCC[n+]1ccn(CCn2cc[n+](CCO)c2)c1. The third kappa shape index (κ3) is 3.41. The molecule has 0 atom stereocenters. The summed E-state index contributed by atoms with van der Waals surface area (Å²) in [5.41, 5.74) is 0. The molecule has 2 aromatic heterocycles. The van der Waals surface area contributed by atoms with Gasteiger partial charge in [-0.3, -0.25) is 0 Å². The molecule has 0 unspecified atom stereocenters. The Labute approximate surface area is 106 Å². The van der Waals surface area contributed by atoms with Crippen molar-refractivity contribution in [3.8, 4) is 0 Å². The number of aromatic nitrogens is 4. The Morgan fingerprint density at radius 3 is 1.61 bits per heavy atom. The van der Waals surface area contributed by atoms with E-state index in [0.717, 1.165) is 13.1 Å². The number of hydrogen-bond donors (Lipinski definition) is 2. The van der Waals surface area contributed by atoms with E-state index in [0.29, 0.717) is 13.1 Å². The van der Waals surface area contributed by atoms with Crippen molar-refractivity contribution in [2.24, 2.45) is 0 Å². The minimum absolute atomic E-state index is 0.160. The van der Waals surface area contributed by atoms with E-state index in [1.165, 1.54) is 0 Å². The molecule has 6 heteroatoms. The number of rotatable bonds is 7. The van der Waals surface area contributed by atoms with Gasteiger partial charge in [-0.15, -0.1) is 0 Å². The fourth-order valence-corrected chi connectivity index (χ4v) is 1.87. The van der Waals surface area contributed by atoms with Gasteiger partial charge in [0.1, 0.15) is 51.0 Å². The normalized spacial score (nSPS) is 11.0. The van der Waals surface area contributed by atoms with Crippen LogP contribution in [0.25, 0.3) is 0 Å². The number of hydrogen-bond acceptors (Lipinski definition) is 2. The molecule has 0 amide bonds. The summed E-state index contributed by atoms with van der Waals surface area (Å²) in [5, 5.41) is 17.7. The van der Waals surface area contributed by atoms with E-state index in [1.54, 1.807) is 0 Å². The van der Waals surface area contributed by atoms with Crippen LogP contribution in [-0.4, -0.2) is 32.6 Å². The predicted molar refractivity (Wildman–Crippen MR) is 63.4 cm³/mol. The van der Waals surface area contributed by atoms with Gasteiger partial charge in [0.2, 0.25) is 12.7 Å². The minimum Gasteiger partial charge on any atom is -0.392 e. The highest BCUT2D eigenvalue weighted by molar-refractivity contribution is 4.70. The van der Waals surface area contributed by atoms with Gasteiger partial charge in [-0.25, -0.2) is 18.3 Å². The van der Waals surface area contributed by atoms with Crippen molar-refractivity contribution in [2.45, 2.75) is 26.2 Å². The Bertz CT molecular complexity index is 434. The summed E-state index contributed by atoms with van der Waals surface area (Å²) in [6, 6.07) is 0. The van der Waals surface area contributed by atoms with Crippen LogP contribution in [0.1, 0.15) is 0 Å². The molecular formula is C12H20N4O2+2. The molecule has 18 heavy (non-hydrogen) atoms. The number of aryl methyl sites for hydroxylation is 2. The zero-order valence-electron chi connectivity index (χ0n) is 10.4. The first-order chi connectivity index (χ1) is 8.81. The van der Waals surface area contributed by atoms with Crippen molar-refractivity contribution in [2.75, 3.05) is 13.2 Å². The van der Waals surface area contributed by atoms with Crippen LogP contribution in [0.5, 0.6) is 0 Å². The van der Waals surface area contributed by atoms with E-state index in [9.17, 15) is 0 Å². The summed E-state index contributed by atoms with van der Waals surface area (Å²) in [5.74, 6) is 0. The Hall–Kier alpha value is -1.66. The molecule has 0 bridgehead atoms. The second kappa shape index (κ2) is 6.32. The Morgan fingerprint density at radius 1 is 0.778 bits per heavy atom. The van der Waals surface area contributed by atoms with Gasteiger partial charge in [-0.05, 0) is 0 Å². The summed E-state index contributed by atoms with van der Waals surface area (Å²) in [4.78, 5) is 0. The molecule has 2 heterocycles. The first-order valence-corrected chi connectivity index (χ1v) is 6.13. The third-order valence-electron chi connectivity index (χ3n) is 2.83. The van der Waals surface area contributed by atoms with Crippen molar-refractivity contribution < 1.29 is 19.3 Å². The predicted octanol–water partition coefficient (Wildman–Crippen LogP) is -1.45. The molecule has 0 aliphatic rings. The van der Waals surface area contributed by atoms with Crippen molar-refractivity contribution >= 4 is 0 Å². The molecule has 6 nitrogen and oxygen atoms in total. The average Bonchev–Trinajstić information content (AvgIpc) is 2.97. The minimum atomic E-state index is 0.160. The quantitative estimate of drug-likeness (QED) is 0.592. The second-order valence-electron chi connectivity index (χ2n) is 4.23. The summed E-state index contributed by atoms with van der Waals surface area (Å²) in [6.45, 7) is 3.35. The summed E-state index contributed by atoms with van der Waals surface area (Å²) < 4.78 is 8.10. The molecule has 0 fully saturated rings. The maximum Gasteiger partial charge on any atom is 0.243 e. The fraction of sp³-hybridized carbons (Fsp3) is 0.500. The highest BCUT2D eigenvalue weighted by Crippen LogP contribution is 1.90. The van der Waals surface area contributed by atoms with Crippen LogP contribution in [0.3, 0.4) is 0 Å². The van der Waals surface area contributed by atoms with Crippen molar-refractivity contribution in [1.29, 1.82) is 0 Å². The van der Waals surface area contributed by atoms with E-state index < -0.39 is 0 Å².